The summed E-state index contributed by atoms with van der Waals surface area (Å²) in [5.41, 5.74) is 1.55. The maximum atomic E-state index is 13.1. The van der Waals surface area contributed by atoms with Crippen LogP contribution in [0.15, 0.2) is 41.2 Å². The van der Waals surface area contributed by atoms with E-state index in [4.69, 9.17) is 23.7 Å². The minimum absolute atomic E-state index is 0.205. The van der Waals surface area contributed by atoms with Gasteiger partial charge >= 0.3 is 0 Å². The minimum atomic E-state index is -0.344. The van der Waals surface area contributed by atoms with Crippen LogP contribution in [0.2, 0.25) is 0 Å². The number of amides is 1. The number of carbonyl (C=O) groups is 1. The molecule has 1 N–H and O–H groups in total. The molecule has 0 atom stereocenters. The van der Waals surface area contributed by atoms with Gasteiger partial charge in [0.1, 0.15) is 0 Å². The lowest BCUT2D eigenvalue weighted by atomic mass is 10.1. The van der Waals surface area contributed by atoms with Gasteiger partial charge in [0.25, 0.3) is 5.56 Å². The van der Waals surface area contributed by atoms with Gasteiger partial charge in [-0.05, 0) is 48.4 Å². The lowest BCUT2D eigenvalue weighted by molar-refractivity contribution is -0.111. The number of unbranched alkanes of at least 4 members (excludes halogenated alkanes) is 5. The van der Waals surface area contributed by atoms with E-state index >= 15 is 0 Å². The van der Waals surface area contributed by atoms with E-state index in [1.54, 1.807) is 37.4 Å². The molecule has 1 amide bonds. The quantitative estimate of drug-likeness (QED) is 0.183. The second kappa shape index (κ2) is 14.9. The lowest BCUT2D eigenvalue weighted by Gasteiger charge is -2.16. The summed E-state index contributed by atoms with van der Waals surface area (Å²) in [5.74, 6) is 1.70. The fraction of sp³-hybridized carbons (Fsp3) is 0.419. The monoisotopic (exact) mass is 552 g/mol. The third-order valence-corrected chi connectivity index (χ3v) is 6.64. The van der Waals surface area contributed by atoms with Gasteiger partial charge in [-0.25, -0.2) is 0 Å². The Kier molecular flexibility index (Phi) is 11.3. The minimum Gasteiger partial charge on any atom is -0.493 e. The van der Waals surface area contributed by atoms with Crippen molar-refractivity contribution in [1.82, 2.24) is 4.57 Å². The van der Waals surface area contributed by atoms with Crippen LogP contribution in [-0.2, 0) is 11.8 Å². The van der Waals surface area contributed by atoms with E-state index in [1.165, 1.54) is 58.3 Å². The van der Waals surface area contributed by atoms with Crippen LogP contribution in [0.25, 0.3) is 17.0 Å². The van der Waals surface area contributed by atoms with Crippen LogP contribution < -0.4 is 34.6 Å². The molecule has 40 heavy (non-hydrogen) atoms. The van der Waals surface area contributed by atoms with Crippen molar-refractivity contribution in [3.05, 3.63) is 52.3 Å². The topological polar surface area (TPSA) is 97.2 Å². The summed E-state index contributed by atoms with van der Waals surface area (Å²) in [6.45, 7) is 2.65. The van der Waals surface area contributed by atoms with Crippen LogP contribution in [0.5, 0.6) is 28.7 Å². The molecule has 0 aliphatic carbocycles. The number of anilines is 1. The SMILES string of the molecule is CCCCCCCCOc1c(OC)c2ccc(NC(=O)/C=C/c3cc(OC)c(OC)c(OC)c3)cc2n(C)c1=O. The first-order valence-electron chi connectivity index (χ1n) is 13.5. The van der Waals surface area contributed by atoms with Crippen LogP contribution in [-0.4, -0.2) is 45.5 Å². The molecule has 3 aromatic rings. The number of aromatic nitrogens is 1. The van der Waals surface area contributed by atoms with Gasteiger partial charge in [0, 0.05) is 24.2 Å². The number of hydrogen-bond donors (Lipinski definition) is 1. The standard InChI is InChI=1S/C31H40N2O7/c1-7-8-9-10-11-12-17-40-30-28(38-5)23-15-14-22(20-24(23)33(2)31(30)35)32-27(34)16-13-21-18-25(36-3)29(39-6)26(19-21)37-4/h13-16,18-20H,7-12,17H2,1-6H3,(H,32,34)/b16-13+. The van der Waals surface area contributed by atoms with Crippen LogP contribution in [0, 0.1) is 0 Å². The third-order valence-electron chi connectivity index (χ3n) is 6.64. The second-order valence-electron chi connectivity index (χ2n) is 9.36. The molecule has 0 radical (unpaired) electrons. The number of carbonyl (C=O) groups excluding carboxylic acids is 1. The number of fused-ring (bicyclic) bond motifs is 1. The zero-order valence-corrected chi connectivity index (χ0v) is 24.3. The first-order chi connectivity index (χ1) is 19.4. The molecule has 9 nitrogen and oxygen atoms in total. The van der Waals surface area contributed by atoms with Gasteiger partial charge in [-0.15, -0.1) is 0 Å². The van der Waals surface area contributed by atoms with Crippen molar-refractivity contribution in [2.45, 2.75) is 45.4 Å². The largest absolute Gasteiger partial charge is 0.493 e. The molecule has 0 unspecified atom stereocenters. The normalized spacial score (nSPS) is 11.1. The van der Waals surface area contributed by atoms with Gasteiger partial charge in [0.15, 0.2) is 17.2 Å². The van der Waals surface area contributed by atoms with Gasteiger partial charge in [-0.1, -0.05) is 39.0 Å². The van der Waals surface area contributed by atoms with Crippen molar-refractivity contribution in [3.8, 4) is 28.7 Å². The Balaban J connectivity index is 1.77. The summed E-state index contributed by atoms with van der Waals surface area (Å²) in [6, 6.07) is 8.80. The van der Waals surface area contributed by atoms with E-state index in [2.05, 4.69) is 12.2 Å². The molecule has 0 bridgehead atoms. The fourth-order valence-electron chi connectivity index (χ4n) is 4.50. The molecule has 3 rings (SSSR count). The summed E-state index contributed by atoms with van der Waals surface area (Å²) in [5, 5.41) is 3.56. The molecule has 216 valence electrons. The van der Waals surface area contributed by atoms with E-state index in [-0.39, 0.29) is 17.2 Å². The van der Waals surface area contributed by atoms with Crippen molar-refractivity contribution in [2.75, 3.05) is 40.4 Å². The maximum absolute atomic E-state index is 13.1. The van der Waals surface area contributed by atoms with E-state index < -0.39 is 0 Å². The average Bonchev–Trinajstić information content (AvgIpc) is 2.97. The molecule has 0 spiro atoms. The molecule has 0 aliphatic heterocycles. The zero-order chi connectivity index (χ0) is 29.1. The smallest absolute Gasteiger partial charge is 0.297 e. The highest BCUT2D eigenvalue weighted by atomic mass is 16.5. The number of nitrogens with zero attached hydrogens (tertiary/aromatic N) is 1. The van der Waals surface area contributed by atoms with Gasteiger partial charge in [-0.3, -0.25) is 9.59 Å². The summed E-state index contributed by atoms with van der Waals surface area (Å²) < 4.78 is 29.1. The highest BCUT2D eigenvalue weighted by Gasteiger charge is 2.18. The number of rotatable bonds is 15. The fourth-order valence-corrected chi connectivity index (χ4v) is 4.50. The zero-order valence-electron chi connectivity index (χ0n) is 24.3. The third kappa shape index (κ3) is 7.28. The van der Waals surface area contributed by atoms with Crippen molar-refractivity contribution < 1.29 is 28.5 Å². The van der Waals surface area contributed by atoms with Gasteiger partial charge in [0.05, 0.1) is 40.6 Å². The molecule has 1 heterocycles. The van der Waals surface area contributed by atoms with Crippen molar-refractivity contribution in [1.29, 1.82) is 0 Å². The highest BCUT2D eigenvalue weighted by Crippen LogP contribution is 2.38. The Morgan fingerprint density at radius 2 is 1.50 bits per heavy atom. The van der Waals surface area contributed by atoms with Gasteiger partial charge in [-0.2, -0.15) is 0 Å². The number of pyridine rings is 1. The molecular weight excluding hydrogens is 512 g/mol. The first kappa shape index (κ1) is 30.4. The second-order valence-corrected chi connectivity index (χ2v) is 9.36. The van der Waals surface area contributed by atoms with Crippen molar-refractivity contribution in [2.24, 2.45) is 7.05 Å². The molecule has 1 aromatic heterocycles. The number of nitrogens with one attached hydrogen (secondary N) is 1. The summed E-state index contributed by atoms with van der Waals surface area (Å²) in [7, 11) is 7.80. The Labute approximate surface area is 235 Å². The summed E-state index contributed by atoms with van der Waals surface area (Å²) >= 11 is 0. The van der Waals surface area contributed by atoms with E-state index in [1.807, 2.05) is 6.07 Å². The molecule has 0 saturated carbocycles. The maximum Gasteiger partial charge on any atom is 0.297 e. The molecule has 0 fully saturated rings. The Morgan fingerprint density at radius 3 is 2.12 bits per heavy atom. The van der Waals surface area contributed by atoms with Gasteiger partial charge in [0.2, 0.25) is 17.4 Å². The number of aryl methyl sites for hydroxylation is 1. The Hall–Kier alpha value is -4.14. The number of ether oxygens (including phenoxy) is 5. The molecule has 9 heteroatoms. The predicted molar refractivity (Wildman–Crippen MR) is 158 cm³/mol. The number of hydrogen-bond acceptors (Lipinski definition) is 7. The van der Waals surface area contributed by atoms with Crippen LogP contribution in [0.1, 0.15) is 51.0 Å². The van der Waals surface area contributed by atoms with E-state index in [9.17, 15) is 9.59 Å². The number of methoxy groups -OCH3 is 4. The van der Waals surface area contributed by atoms with Crippen molar-refractivity contribution >= 4 is 28.6 Å². The van der Waals surface area contributed by atoms with Crippen molar-refractivity contribution in [3.63, 3.8) is 0 Å². The molecule has 0 aliphatic rings. The predicted octanol–water partition coefficient (Wildman–Crippen LogP) is 5.96. The Morgan fingerprint density at radius 1 is 0.850 bits per heavy atom. The first-order valence-corrected chi connectivity index (χ1v) is 13.5. The molecule has 0 saturated heterocycles. The summed E-state index contributed by atoms with van der Waals surface area (Å²) in [6.07, 6.45) is 9.82. The van der Waals surface area contributed by atoms with Crippen LogP contribution in [0.3, 0.4) is 0 Å². The number of benzene rings is 2. The average molecular weight is 553 g/mol. The van der Waals surface area contributed by atoms with Crippen LogP contribution in [0.4, 0.5) is 5.69 Å². The van der Waals surface area contributed by atoms with Crippen LogP contribution >= 0.6 is 0 Å². The highest BCUT2D eigenvalue weighted by molar-refractivity contribution is 6.03. The molecule has 2 aromatic carbocycles. The van der Waals surface area contributed by atoms with E-state index in [0.29, 0.717) is 51.8 Å². The summed E-state index contributed by atoms with van der Waals surface area (Å²) in [4.78, 5) is 25.9. The Bertz CT molecular complexity index is 1370. The van der Waals surface area contributed by atoms with Gasteiger partial charge < -0.3 is 33.6 Å². The van der Waals surface area contributed by atoms with E-state index in [0.717, 1.165) is 19.3 Å². The molecular formula is C31H40N2O7. The lowest BCUT2D eigenvalue weighted by Crippen LogP contribution is -2.21.